The number of nitrogens with one attached hydrogen (secondary N) is 2. The Kier molecular flexibility index (Phi) is 6.46. The maximum Gasteiger partial charge on any atom is 0.252 e. The zero-order chi connectivity index (χ0) is 21.6. The highest BCUT2D eigenvalue weighted by molar-refractivity contribution is 6.01. The first-order chi connectivity index (χ1) is 15.1. The fourth-order valence-electron chi connectivity index (χ4n) is 4.05. The largest absolute Gasteiger partial charge is 0.363 e. The van der Waals surface area contributed by atoms with Gasteiger partial charge in [0.2, 0.25) is 5.95 Å². The summed E-state index contributed by atoms with van der Waals surface area (Å²) in [5.74, 6) is 1.55. The van der Waals surface area contributed by atoms with Crippen LogP contribution in [0.1, 0.15) is 36.0 Å². The number of anilines is 2. The third kappa shape index (κ3) is 5.20. The molecule has 2 aromatic carbocycles. The van der Waals surface area contributed by atoms with Crippen LogP contribution in [0.3, 0.4) is 0 Å². The number of hydrogen-bond acceptors (Lipinski definition) is 5. The summed E-state index contributed by atoms with van der Waals surface area (Å²) in [6.07, 6.45) is 5.59. The minimum absolute atomic E-state index is 0.00196. The van der Waals surface area contributed by atoms with Crippen molar-refractivity contribution in [2.75, 3.05) is 24.3 Å². The van der Waals surface area contributed by atoms with E-state index in [1.807, 2.05) is 79.7 Å². The van der Waals surface area contributed by atoms with Crippen LogP contribution in [0.25, 0.3) is 11.1 Å². The molecule has 0 atom stereocenters. The summed E-state index contributed by atoms with van der Waals surface area (Å²) in [5.41, 5.74) is 2.75. The van der Waals surface area contributed by atoms with Crippen LogP contribution in [0.2, 0.25) is 0 Å². The van der Waals surface area contributed by atoms with Gasteiger partial charge in [-0.15, -0.1) is 0 Å². The van der Waals surface area contributed by atoms with E-state index in [0.29, 0.717) is 12.0 Å². The maximum absolute atomic E-state index is 13.0. The number of carbonyl (C=O) groups is 1. The lowest BCUT2D eigenvalue weighted by atomic mass is 9.90. The van der Waals surface area contributed by atoms with Crippen LogP contribution in [0.15, 0.2) is 66.9 Å². The molecule has 1 fully saturated rings. The Morgan fingerprint density at radius 2 is 1.58 bits per heavy atom. The molecular formula is C25H29N5O. The third-order valence-electron chi connectivity index (χ3n) is 5.75. The number of rotatable bonds is 6. The van der Waals surface area contributed by atoms with Crippen LogP contribution in [-0.2, 0) is 0 Å². The van der Waals surface area contributed by atoms with Gasteiger partial charge in [-0.2, -0.15) is 4.98 Å². The highest BCUT2D eigenvalue weighted by Gasteiger charge is 2.24. The average Bonchev–Trinajstić information content (AvgIpc) is 2.81. The van der Waals surface area contributed by atoms with Crippen LogP contribution in [0.5, 0.6) is 0 Å². The second kappa shape index (κ2) is 9.60. The third-order valence-corrected chi connectivity index (χ3v) is 5.75. The van der Waals surface area contributed by atoms with E-state index in [2.05, 4.69) is 20.6 Å². The molecule has 1 aromatic heterocycles. The Morgan fingerprint density at radius 1 is 0.903 bits per heavy atom. The molecule has 0 radical (unpaired) electrons. The molecule has 1 amide bonds. The Morgan fingerprint density at radius 3 is 2.32 bits per heavy atom. The first-order valence-electron chi connectivity index (χ1n) is 10.8. The van der Waals surface area contributed by atoms with Crippen molar-refractivity contribution in [2.24, 2.45) is 0 Å². The standard InChI is InChI=1S/C25H29N5O/c1-30(2)23-16-17-26-25(29-23)28-20-14-12-19(13-15-20)27-24(31)22-11-7-6-10-21(22)18-8-4-3-5-9-18/h3-11,16-17,19-20H,12-15H2,1-2H3,(H,27,31)(H,26,28,29). The molecule has 1 saturated carbocycles. The van der Waals surface area contributed by atoms with Crippen molar-refractivity contribution < 1.29 is 4.79 Å². The molecule has 0 spiro atoms. The zero-order valence-corrected chi connectivity index (χ0v) is 18.1. The molecule has 6 nitrogen and oxygen atoms in total. The quantitative estimate of drug-likeness (QED) is 0.626. The molecular weight excluding hydrogens is 386 g/mol. The van der Waals surface area contributed by atoms with Gasteiger partial charge in [0, 0.05) is 37.9 Å². The van der Waals surface area contributed by atoms with Crippen molar-refractivity contribution >= 4 is 17.7 Å². The van der Waals surface area contributed by atoms with Gasteiger partial charge < -0.3 is 15.5 Å². The van der Waals surface area contributed by atoms with Gasteiger partial charge in [-0.05, 0) is 48.9 Å². The van der Waals surface area contributed by atoms with E-state index in [9.17, 15) is 4.79 Å². The van der Waals surface area contributed by atoms with Gasteiger partial charge in [0.1, 0.15) is 5.82 Å². The van der Waals surface area contributed by atoms with E-state index in [1.54, 1.807) is 6.20 Å². The second-order valence-electron chi connectivity index (χ2n) is 8.21. The lowest BCUT2D eigenvalue weighted by Gasteiger charge is -2.30. The fourth-order valence-corrected chi connectivity index (χ4v) is 4.05. The highest BCUT2D eigenvalue weighted by Crippen LogP contribution is 2.25. The van der Waals surface area contributed by atoms with Gasteiger partial charge in [0.15, 0.2) is 0 Å². The Labute approximate surface area is 183 Å². The van der Waals surface area contributed by atoms with Gasteiger partial charge >= 0.3 is 0 Å². The summed E-state index contributed by atoms with van der Waals surface area (Å²) in [7, 11) is 3.94. The number of carbonyl (C=O) groups excluding carboxylic acids is 1. The predicted molar refractivity (Wildman–Crippen MR) is 125 cm³/mol. The molecule has 0 saturated heterocycles. The Balaban J connectivity index is 1.35. The Bertz CT molecular complexity index is 1010. The van der Waals surface area contributed by atoms with Crippen LogP contribution in [0, 0.1) is 0 Å². The summed E-state index contributed by atoms with van der Waals surface area (Å²) in [6, 6.07) is 20.3. The molecule has 6 heteroatoms. The van der Waals surface area contributed by atoms with Crippen LogP contribution in [0.4, 0.5) is 11.8 Å². The van der Waals surface area contributed by atoms with E-state index in [-0.39, 0.29) is 11.9 Å². The Hall–Kier alpha value is -3.41. The molecule has 0 unspecified atom stereocenters. The van der Waals surface area contributed by atoms with E-state index in [4.69, 9.17) is 0 Å². The molecule has 2 N–H and O–H groups in total. The minimum Gasteiger partial charge on any atom is -0.363 e. The number of benzene rings is 2. The van der Waals surface area contributed by atoms with Crippen molar-refractivity contribution in [3.05, 3.63) is 72.4 Å². The normalized spacial score (nSPS) is 18.3. The van der Waals surface area contributed by atoms with E-state index in [1.165, 1.54) is 0 Å². The first kappa shape index (κ1) is 20.8. The molecule has 31 heavy (non-hydrogen) atoms. The number of amides is 1. The number of nitrogens with zero attached hydrogens (tertiary/aromatic N) is 3. The smallest absolute Gasteiger partial charge is 0.252 e. The van der Waals surface area contributed by atoms with Crippen molar-refractivity contribution in [3.8, 4) is 11.1 Å². The lowest BCUT2D eigenvalue weighted by Crippen LogP contribution is -2.40. The molecule has 3 aromatic rings. The van der Waals surface area contributed by atoms with E-state index < -0.39 is 0 Å². The zero-order valence-electron chi connectivity index (χ0n) is 18.1. The van der Waals surface area contributed by atoms with Gasteiger partial charge in [-0.25, -0.2) is 4.98 Å². The van der Waals surface area contributed by atoms with Crippen LogP contribution >= 0.6 is 0 Å². The van der Waals surface area contributed by atoms with Gasteiger partial charge in [0.05, 0.1) is 0 Å². The van der Waals surface area contributed by atoms with E-state index >= 15 is 0 Å². The van der Waals surface area contributed by atoms with E-state index in [0.717, 1.165) is 48.2 Å². The molecule has 0 bridgehead atoms. The summed E-state index contributed by atoms with van der Waals surface area (Å²) in [5, 5.41) is 6.70. The average molecular weight is 416 g/mol. The summed E-state index contributed by atoms with van der Waals surface area (Å²) >= 11 is 0. The summed E-state index contributed by atoms with van der Waals surface area (Å²) in [4.78, 5) is 23.9. The van der Waals surface area contributed by atoms with Crippen molar-refractivity contribution in [3.63, 3.8) is 0 Å². The molecule has 4 rings (SSSR count). The molecule has 0 aliphatic heterocycles. The maximum atomic E-state index is 13.0. The van der Waals surface area contributed by atoms with Gasteiger partial charge in [-0.1, -0.05) is 48.5 Å². The monoisotopic (exact) mass is 415 g/mol. The van der Waals surface area contributed by atoms with Gasteiger partial charge in [0.25, 0.3) is 5.91 Å². The van der Waals surface area contributed by atoms with Crippen molar-refractivity contribution in [1.82, 2.24) is 15.3 Å². The SMILES string of the molecule is CN(C)c1ccnc(NC2CCC(NC(=O)c3ccccc3-c3ccccc3)CC2)n1. The summed E-state index contributed by atoms with van der Waals surface area (Å²) < 4.78 is 0. The number of aromatic nitrogens is 2. The lowest BCUT2D eigenvalue weighted by molar-refractivity contribution is 0.0927. The first-order valence-corrected chi connectivity index (χ1v) is 10.8. The number of hydrogen-bond donors (Lipinski definition) is 2. The minimum atomic E-state index is -0.00196. The molecule has 1 aliphatic carbocycles. The van der Waals surface area contributed by atoms with Gasteiger partial charge in [-0.3, -0.25) is 4.79 Å². The van der Waals surface area contributed by atoms with Crippen molar-refractivity contribution in [2.45, 2.75) is 37.8 Å². The topological polar surface area (TPSA) is 70.2 Å². The second-order valence-corrected chi connectivity index (χ2v) is 8.21. The van der Waals surface area contributed by atoms with Crippen LogP contribution in [-0.4, -0.2) is 42.1 Å². The fraction of sp³-hybridized carbons (Fsp3) is 0.320. The highest BCUT2D eigenvalue weighted by atomic mass is 16.1. The molecule has 160 valence electrons. The molecule has 1 aliphatic rings. The van der Waals surface area contributed by atoms with Crippen molar-refractivity contribution in [1.29, 1.82) is 0 Å². The summed E-state index contributed by atoms with van der Waals surface area (Å²) in [6.45, 7) is 0. The predicted octanol–water partition coefficient (Wildman–Crippen LogP) is 4.36. The van der Waals surface area contributed by atoms with Crippen LogP contribution < -0.4 is 15.5 Å². The molecule has 1 heterocycles.